The largest absolute Gasteiger partial charge is 0.294 e. The van der Waals surface area contributed by atoms with Crippen molar-refractivity contribution in [3.8, 4) is 24.7 Å². The van der Waals surface area contributed by atoms with Crippen molar-refractivity contribution in [2.45, 2.75) is 18.6 Å². The number of nitrogens with zero attached hydrogens (tertiary/aromatic N) is 2. The Hall–Kier alpha value is -1.74. The molecule has 1 heterocycles. The van der Waals surface area contributed by atoms with Gasteiger partial charge in [-0.25, -0.2) is 0 Å². The van der Waals surface area contributed by atoms with Crippen molar-refractivity contribution in [2.75, 3.05) is 20.1 Å². The van der Waals surface area contributed by atoms with E-state index in [9.17, 15) is 0 Å². The SMILES string of the molecule is C#C[C@@H]1CN(Cc2ccccc2)C[C@@H](C#C)N1C. The van der Waals surface area contributed by atoms with E-state index in [1.165, 1.54) is 5.56 Å². The first-order valence-electron chi connectivity index (χ1n) is 6.15. The Kier molecular flexibility index (Phi) is 4.05. The zero-order valence-electron chi connectivity index (χ0n) is 10.7. The van der Waals surface area contributed by atoms with Gasteiger partial charge in [-0.2, -0.15) is 0 Å². The van der Waals surface area contributed by atoms with Crippen molar-refractivity contribution in [3.05, 3.63) is 35.9 Å². The summed E-state index contributed by atoms with van der Waals surface area (Å²) in [5.74, 6) is 5.64. The van der Waals surface area contributed by atoms with Crippen molar-refractivity contribution in [1.82, 2.24) is 9.80 Å². The van der Waals surface area contributed by atoms with Crippen LogP contribution in [0.25, 0.3) is 0 Å². The molecule has 1 fully saturated rings. The first-order chi connectivity index (χ1) is 8.74. The molecule has 2 heteroatoms. The molecule has 0 spiro atoms. The molecule has 0 saturated carbocycles. The maximum Gasteiger partial charge on any atom is 0.0848 e. The van der Waals surface area contributed by atoms with Crippen LogP contribution in [-0.2, 0) is 6.54 Å². The smallest absolute Gasteiger partial charge is 0.0848 e. The summed E-state index contributed by atoms with van der Waals surface area (Å²) in [5.41, 5.74) is 1.30. The van der Waals surface area contributed by atoms with Gasteiger partial charge in [0, 0.05) is 19.6 Å². The van der Waals surface area contributed by atoms with Gasteiger partial charge in [0.15, 0.2) is 0 Å². The van der Waals surface area contributed by atoms with E-state index in [0.29, 0.717) is 0 Å². The fourth-order valence-electron chi connectivity index (χ4n) is 2.35. The first-order valence-corrected chi connectivity index (χ1v) is 6.15. The summed E-state index contributed by atoms with van der Waals surface area (Å²) < 4.78 is 0. The second-order valence-corrected chi connectivity index (χ2v) is 4.71. The lowest BCUT2D eigenvalue weighted by molar-refractivity contribution is 0.0890. The normalized spacial score (nSPS) is 25.3. The van der Waals surface area contributed by atoms with Gasteiger partial charge < -0.3 is 0 Å². The Morgan fingerprint density at radius 1 is 1.11 bits per heavy atom. The molecule has 1 saturated heterocycles. The molecule has 18 heavy (non-hydrogen) atoms. The number of hydrogen-bond acceptors (Lipinski definition) is 2. The molecule has 0 aromatic heterocycles. The average molecular weight is 238 g/mol. The third-order valence-corrected chi connectivity index (χ3v) is 3.48. The van der Waals surface area contributed by atoms with E-state index in [-0.39, 0.29) is 12.1 Å². The molecule has 0 unspecified atom stereocenters. The molecule has 92 valence electrons. The molecule has 2 nitrogen and oxygen atoms in total. The van der Waals surface area contributed by atoms with Crippen LogP contribution < -0.4 is 0 Å². The van der Waals surface area contributed by atoms with Crippen LogP contribution in [0.1, 0.15) is 5.56 Å². The monoisotopic (exact) mass is 238 g/mol. The van der Waals surface area contributed by atoms with Crippen LogP contribution in [0.3, 0.4) is 0 Å². The predicted molar refractivity (Wildman–Crippen MR) is 74.7 cm³/mol. The maximum atomic E-state index is 5.58. The van der Waals surface area contributed by atoms with Crippen molar-refractivity contribution in [2.24, 2.45) is 0 Å². The summed E-state index contributed by atoms with van der Waals surface area (Å²) in [7, 11) is 2.01. The Bertz CT molecular complexity index is 442. The van der Waals surface area contributed by atoms with Gasteiger partial charge in [0.1, 0.15) is 0 Å². The summed E-state index contributed by atoms with van der Waals surface area (Å²) in [5, 5.41) is 0. The number of rotatable bonds is 2. The van der Waals surface area contributed by atoms with Crippen molar-refractivity contribution < 1.29 is 0 Å². The molecular weight excluding hydrogens is 220 g/mol. The second-order valence-electron chi connectivity index (χ2n) is 4.71. The van der Waals surface area contributed by atoms with Crippen molar-refractivity contribution in [1.29, 1.82) is 0 Å². The van der Waals surface area contributed by atoms with Gasteiger partial charge in [0.25, 0.3) is 0 Å². The van der Waals surface area contributed by atoms with E-state index >= 15 is 0 Å². The van der Waals surface area contributed by atoms with E-state index in [1.54, 1.807) is 0 Å². The molecule has 1 aromatic rings. The summed E-state index contributed by atoms with van der Waals surface area (Å²) >= 11 is 0. The third-order valence-electron chi connectivity index (χ3n) is 3.48. The van der Waals surface area contributed by atoms with Crippen LogP contribution in [0.4, 0.5) is 0 Å². The standard InChI is InChI=1S/C16H18N2/c1-4-15-12-18(13-16(5-2)17(15)3)11-14-9-7-6-8-10-14/h1-2,6-10,15-16H,11-13H2,3H3/t15-,16-/m1/s1. The van der Waals surface area contributed by atoms with E-state index in [2.05, 4.69) is 45.9 Å². The fraction of sp³-hybridized carbons (Fsp3) is 0.375. The summed E-state index contributed by atoms with van der Waals surface area (Å²) in [6.45, 7) is 2.66. The Morgan fingerprint density at radius 3 is 2.17 bits per heavy atom. The van der Waals surface area contributed by atoms with Gasteiger partial charge in [-0.15, -0.1) is 12.8 Å². The minimum absolute atomic E-state index is 0.100. The maximum absolute atomic E-state index is 5.58. The van der Waals surface area contributed by atoms with E-state index in [0.717, 1.165) is 19.6 Å². The topological polar surface area (TPSA) is 6.48 Å². The molecule has 1 aliphatic heterocycles. The van der Waals surface area contributed by atoms with Crippen molar-refractivity contribution >= 4 is 0 Å². The van der Waals surface area contributed by atoms with E-state index < -0.39 is 0 Å². The molecule has 1 aliphatic rings. The molecule has 0 radical (unpaired) electrons. The highest BCUT2D eigenvalue weighted by atomic mass is 15.3. The van der Waals surface area contributed by atoms with Gasteiger partial charge in [0.2, 0.25) is 0 Å². The Balaban J connectivity index is 2.07. The summed E-state index contributed by atoms with van der Waals surface area (Å²) in [6, 6.07) is 10.6. The lowest BCUT2D eigenvalue weighted by Crippen LogP contribution is -2.55. The van der Waals surface area contributed by atoms with Crippen LogP contribution in [-0.4, -0.2) is 42.0 Å². The molecule has 2 atom stereocenters. The first kappa shape index (κ1) is 12.7. The highest BCUT2D eigenvalue weighted by Gasteiger charge is 2.29. The highest BCUT2D eigenvalue weighted by molar-refractivity contribution is 5.17. The lowest BCUT2D eigenvalue weighted by atomic mass is 10.1. The fourth-order valence-corrected chi connectivity index (χ4v) is 2.35. The zero-order valence-corrected chi connectivity index (χ0v) is 10.7. The number of likely N-dealkylation sites (N-methyl/N-ethyl adjacent to an activating group) is 1. The predicted octanol–water partition coefficient (Wildman–Crippen LogP) is 1.44. The summed E-state index contributed by atoms with van der Waals surface area (Å²) in [4.78, 5) is 4.45. The van der Waals surface area contributed by atoms with Crippen LogP contribution in [0.5, 0.6) is 0 Å². The highest BCUT2D eigenvalue weighted by Crippen LogP contribution is 2.15. The molecule has 0 aliphatic carbocycles. The van der Waals surface area contributed by atoms with Gasteiger partial charge in [0.05, 0.1) is 12.1 Å². The molecule has 0 bridgehead atoms. The minimum atomic E-state index is 0.100. The molecule has 2 rings (SSSR count). The molecular formula is C16H18N2. The quantitative estimate of drug-likeness (QED) is 0.719. The lowest BCUT2D eigenvalue weighted by Gasteiger charge is -2.41. The number of piperazine rings is 1. The van der Waals surface area contributed by atoms with Gasteiger partial charge in [-0.3, -0.25) is 9.80 Å². The second kappa shape index (κ2) is 5.74. The molecule has 0 amide bonds. The average Bonchev–Trinajstić information content (AvgIpc) is 2.41. The van der Waals surface area contributed by atoms with E-state index in [1.807, 2.05) is 13.1 Å². The third kappa shape index (κ3) is 2.74. The number of terminal acetylenes is 2. The number of benzene rings is 1. The van der Waals surface area contributed by atoms with Crippen LogP contribution in [0, 0.1) is 24.7 Å². The van der Waals surface area contributed by atoms with Crippen LogP contribution in [0.2, 0.25) is 0 Å². The van der Waals surface area contributed by atoms with Crippen molar-refractivity contribution in [3.63, 3.8) is 0 Å². The summed E-state index contributed by atoms with van der Waals surface area (Å²) in [6.07, 6.45) is 11.2. The van der Waals surface area contributed by atoms with E-state index in [4.69, 9.17) is 12.8 Å². The minimum Gasteiger partial charge on any atom is -0.294 e. The molecule has 0 N–H and O–H groups in total. The van der Waals surface area contributed by atoms with Crippen LogP contribution >= 0.6 is 0 Å². The van der Waals surface area contributed by atoms with Gasteiger partial charge >= 0.3 is 0 Å². The van der Waals surface area contributed by atoms with Gasteiger partial charge in [-0.1, -0.05) is 42.2 Å². The zero-order chi connectivity index (χ0) is 13.0. The Labute approximate surface area is 110 Å². The molecule has 1 aromatic carbocycles. The van der Waals surface area contributed by atoms with Gasteiger partial charge in [-0.05, 0) is 12.6 Å². The Morgan fingerprint density at radius 2 is 1.67 bits per heavy atom. The van der Waals surface area contributed by atoms with Crippen LogP contribution in [0.15, 0.2) is 30.3 Å². The number of hydrogen-bond donors (Lipinski definition) is 0.